The summed E-state index contributed by atoms with van der Waals surface area (Å²) in [7, 11) is -3.58. The van der Waals surface area contributed by atoms with Gasteiger partial charge in [0.15, 0.2) is 5.03 Å². The number of aromatic amines is 1. The third kappa shape index (κ3) is 3.16. The van der Waals surface area contributed by atoms with E-state index in [1.807, 2.05) is 0 Å². The number of sulfonamides is 1. The van der Waals surface area contributed by atoms with Crippen molar-refractivity contribution >= 4 is 10.0 Å². The molecule has 0 amide bonds. The molecule has 1 aromatic heterocycles. The van der Waals surface area contributed by atoms with Gasteiger partial charge in [0.25, 0.3) is 10.0 Å². The number of rotatable bonds is 7. The average Bonchev–Trinajstić information content (AvgIpc) is 3.04. The number of nitrogens with zero attached hydrogens (tertiary/aromatic N) is 2. The van der Waals surface area contributed by atoms with Gasteiger partial charge in [0.1, 0.15) is 0 Å². The monoisotopic (exact) mass is 287 g/mol. The van der Waals surface area contributed by atoms with E-state index in [1.165, 1.54) is 6.20 Å². The Balaban J connectivity index is 2.24. The van der Waals surface area contributed by atoms with Gasteiger partial charge in [0.05, 0.1) is 12.8 Å². The van der Waals surface area contributed by atoms with Crippen LogP contribution in [0.1, 0.15) is 38.7 Å². The molecule has 1 aliphatic rings. The highest BCUT2D eigenvalue weighted by Gasteiger charge is 2.39. The number of hydrogen-bond acceptors (Lipinski definition) is 4. The van der Waals surface area contributed by atoms with E-state index in [1.54, 1.807) is 4.31 Å². The summed E-state index contributed by atoms with van der Waals surface area (Å²) in [5, 5.41) is 15.4. The largest absolute Gasteiger partial charge is 0.392 e. The lowest BCUT2D eigenvalue weighted by atomic mass is 10.1. The smallest absolute Gasteiger partial charge is 0.260 e. The Kier molecular flexibility index (Phi) is 4.27. The van der Waals surface area contributed by atoms with Gasteiger partial charge in [-0.05, 0) is 25.2 Å². The van der Waals surface area contributed by atoms with Crippen LogP contribution < -0.4 is 0 Å². The SMILES string of the molecule is CC(C)CCN(C1CC1)S(=O)(=O)c1[nH]ncc1CO. The van der Waals surface area contributed by atoms with Gasteiger partial charge in [-0.2, -0.15) is 9.40 Å². The molecule has 19 heavy (non-hydrogen) atoms. The number of aliphatic hydroxyl groups excluding tert-OH is 1. The van der Waals surface area contributed by atoms with E-state index in [2.05, 4.69) is 24.0 Å². The van der Waals surface area contributed by atoms with E-state index >= 15 is 0 Å². The van der Waals surface area contributed by atoms with Crippen molar-refractivity contribution in [2.24, 2.45) is 5.92 Å². The molecule has 0 saturated heterocycles. The first-order chi connectivity index (χ1) is 8.96. The maximum atomic E-state index is 12.6. The molecule has 108 valence electrons. The zero-order valence-corrected chi connectivity index (χ0v) is 12.2. The molecule has 2 N–H and O–H groups in total. The highest BCUT2D eigenvalue weighted by molar-refractivity contribution is 7.89. The van der Waals surface area contributed by atoms with Crippen molar-refractivity contribution in [2.75, 3.05) is 6.54 Å². The van der Waals surface area contributed by atoms with E-state index in [-0.39, 0.29) is 17.7 Å². The Bertz CT molecular complexity index is 520. The lowest BCUT2D eigenvalue weighted by Gasteiger charge is -2.22. The fourth-order valence-electron chi connectivity index (χ4n) is 2.00. The summed E-state index contributed by atoms with van der Waals surface area (Å²) < 4.78 is 26.8. The van der Waals surface area contributed by atoms with Crippen molar-refractivity contribution in [3.63, 3.8) is 0 Å². The van der Waals surface area contributed by atoms with Gasteiger partial charge in [-0.15, -0.1) is 0 Å². The van der Waals surface area contributed by atoms with Crippen molar-refractivity contribution in [3.8, 4) is 0 Å². The van der Waals surface area contributed by atoms with E-state index in [0.29, 0.717) is 18.0 Å². The normalized spacial score (nSPS) is 16.5. The first kappa shape index (κ1) is 14.5. The van der Waals surface area contributed by atoms with Gasteiger partial charge in [-0.3, -0.25) is 5.10 Å². The van der Waals surface area contributed by atoms with Gasteiger partial charge in [-0.25, -0.2) is 8.42 Å². The molecular formula is C12H21N3O3S. The van der Waals surface area contributed by atoms with Crippen molar-refractivity contribution in [3.05, 3.63) is 11.8 Å². The molecule has 0 aromatic carbocycles. The van der Waals surface area contributed by atoms with Crippen molar-refractivity contribution < 1.29 is 13.5 Å². The fraction of sp³-hybridized carbons (Fsp3) is 0.750. The molecular weight excluding hydrogens is 266 g/mol. The van der Waals surface area contributed by atoms with Crippen LogP contribution >= 0.6 is 0 Å². The minimum absolute atomic E-state index is 0.0330. The predicted molar refractivity (Wildman–Crippen MR) is 70.9 cm³/mol. The van der Waals surface area contributed by atoms with Crippen LogP contribution in [0.4, 0.5) is 0 Å². The van der Waals surface area contributed by atoms with Gasteiger partial charge in [0.2, 0.25) is 0 Å². The molecule has 0 spiro atoms. The van der Waals surface area contributed by atoms with E-state index in [4.69, 9.17) is 0 Å². The second-order valence-electron chi connectivity index (χ2n) is 5.41. The molecule has 0 bridgehead atoms. The summed E-state index contributed by atoms with van der Waals surface area (Å²) in [6.45, 7) is 4.35. The molecule has 0 atom stereocenters. The number of hydrogen-bond donors (Lipinski definition) is 2. The van der Waals surface area contributed by atoms with Crippen molar-refractivity contribution in [1.82, 2.24) is 14.5 Å². The molecule has 7 heteroatoms. The van der Waals surface area contributed by atoms with Crippen LogP contribution in [0.15, 0.2) is 11.2 Å². The Morgan fingerprint density at radius 2 is 2.21 bits per heavy atom. The molecule has 1 heterocycles. The summed E-state index contributed by atoms with van der Waals surface area (Å²) in [5.74, 6) is 0.454. The van der Waals surface area contributed by atoms with Gasteiger partial charge < -0.3 is 5.11 Å². The molecule has 6 nitrogen and oxygen atoms in total. The predicted octanol–water partition coefficient (Wildman–Crippen LogP) is 1.10. The quantitative estimate of drug-likeness (QED) is 0.786. The Hall–Kier alpha value is -0.920. The van der Waals surface area contributed by atoms with Crippen molar-refractivity contribution in [2.45, 2.75) is 50.8 Å². The van der Waals surface area contributed by atoms with Crippen LogP contribution in [0.3, 0.4) is 0 Å². The third-order valence-electron chi connectivity index (χ3n) is 3.30. The number of nitrogens with one attached hydrogen (secondary N) is 1. The maximum Gasteiger partial charge on any atom is 0.260 e. The van der Waals surface area contributed by atoms with Crippen LogP contribution in [0.25, 0.3) is 0 Å². The molecule has 1 aromatic rings. The Labute approximate surface area is 113 Å². The molecule has 1 aliphatic carbocycles. The number of H-pyrrole nitrogens is 1. The molecule has 0 unspecified atom stereocenters. The van der Waals surface area contributed by atoms with E-state index < -0.39 is 10.0 Å². The highest BCUT2D eigenvalue weighted by atomic mass is 32.2. The highest BCUT2D eigenvalue weighted by Crippen LogP contribution is 2.32. The molecule has 2 rings (SSSR count). The number of aliphatic hydroxyl groups is 1. The third-order valence-corrected chi connectivity index (χ3v) is 5.26. The summed E-state index contributed by atoms with van der Waals surface area (Å²) in [5.41, 5.74) is 0.329. The zero-order chi connectivity index (χ0) is 14.0. The minimum Gasteiger partial charge on any atom is -0.392 e. The van der Waals surface area contributed by atoms with Gasteiger partial charge in [-0.1, -0.05) is 13.8 Å². The Morgan fingerprint density at radius 3 is 2.74 bits per heavy atom. The molecule has 1 fully saturated rings. The first-order valence-electron chi connectivity index (χ1n) is 6.61. The second kappa shape index (κ2) is 5.60. The average molecular weight is 287 g/mol. The Morgan fingerprint density at radius 1 is 1.53 bits per heavy atom. The standard InChI is InChI=1S/C12H21N3O3S/c1-9(2)5-6-15(11-3-4-11)19(17,18)12-10(8-16)7-13-14-12/h7,9,11,16H,3-6,8H2,1-2H3,(H,13,14). The molecule has 1 saturated carbocycles. The minimum atomic E-state index is -3.58. The number of aromatic nitrogens is 2. The summed E-state index contributed by atoms with van der Waals surface area (Å²) in [4.78, 5) is 0. The van der Waals surface area contributed by atoms with Gasteiger partial charge in [0, 0.05) is 18.2 Å². The van der Waals surface area contributed by atoms with Crippen LogP contribution in [-0.2, 0) is 16.6 Å². The summed E-state index contributed by atoms with van der Waals surface area (Å²) in [6.07, 6.45) is 4.03. The van der Waals surface area contributed by atoms with Crippen molar-refractivity contribution in [1.29, 1.82) is 0 Å². The fourth-order valence-corrected chi connectivity index (χ4v) is 3.80. The topological polar surface area (TPSA) is 86.3 Å². The summed E-state index contributed by atoms with van der Waals surface area (Å²) >= 11 is 0. The van der Waals surface area contributed by atoms with E-state index in [9.17, 15) is 13.5 Å². The van der Waals surface area contributed by atoms with Gasteiger partial charge >= 0.3 is 0 Å². The first-order valence-corrected chi connectivity index (χ1v) is 8.05. The van der Waals surface area contributed by atoms with E-state index in [0.717, 1.165) is 19.3 Å². The lowest BCUT2D eigenvalue weighted by molar-refractivity contribution is 0.277. The summed E-state index contributed by atoms with van der Waals surface area (Å²) in [6, 6.07) is 0.110. The van der Waals surface area contributed by atoms with Crippen LogP contribution in [0, 0.1) is 5.92 Å². The van der Waals surface area contributed by atoms with Crippen LogP contribution in [-0.4, -0.2) is 40.6 Å². The van der Waals surface area contributed by atoms with Crippen LogP contribution in [0.5, 0.6) is 0 Å². The zero-order valence-electron chi connectivity index (χ0n) is 11.3. The van der Waals surface area contributed by atoms with Crippen LogP contribution in [0.2, 0.25) is 0 Å². The lowest BCUT2D eigenvalue weighted by Crippen LogP contribution is -2.35. The molecule has 0 aliphatic heterocycles. The second-order valence-corrected chi connectivity index (χ2v) is 7.24. The molecule has 0 radical (unpaired) electrons. The maximum absolute atomic E-state index is 12.6.